The molecule has 0 fully saturated rings. The van der Waals surface area contributed by atoms with Crippen LogP contribution < -0.4 is 0 Å². The maximum absolute atomic E-state index is 11.0. The summed E-state index contributed by atoms with van der Waals surface area (Å²) in [6.07, 6.45) is 0.908. The van der Waals surface area contributed by atoms with Crippen molar-refractivity contribution in [2.24, 2.45) is 0 Å². The van der Waals surface area contributed by atoms with Crippen molar-refractivity contribution in [2.45, 2.75) is 19.3 Å². The van der Waals surface area contributed by atoms with Gasteiger partial charge in [-0.05, 0) is 41.2 Å². The summed E-state index contributed by atoms with van der Waals surface area (Å²) in [6.45, 7) is 1.73. The van der Waals surface area contributed by atoms with Gasteiger partial charge in [-0.1, -0.05) is 42.5 Å². The topological polar surface area (TPSA) is 37.3 Å². The SMILES string of the molecule is CC(C(=O)O)c1ccc2c(c1)Cc1ccccc1-2. The number of rotatable bonds is 2. The average molecular weight is 238 g/mol. The number of hydrogen-bond donors (Lipinski definition) is 1. The summed E-state index contributed by atoms with van der Waals surface area (Å²) in [5.74, 6) is -1.22. The van der Waals surface area contributed by atoms with Gasteiger partial charge in [0.05, 0.1) is 5.92 Å². The number of fused-ring (bicyclic) bond motifs is 3. The van der Waals surface area contributed by atoms with Gasteiger partial charge in [0.15, 0.2) is 0 Å². The van der Waals surface area contributed by atoms with Gasteiger partial charge < -0.3 is 5.11 Å². The Bertz CT molecular complexity index is 629. The molecule has 0 heterocycles. The molecule has 0 saturated heterocycles. The van der Waals surface area contributed by atoms with Crippen LogP contribution in [0.5, 0.6) is 0 Å². The summed E-state index contributed by atoms with van der Waals surface area (Å²) in [7, 11) is 0. The van der Waals surface area contributed by atoms with Crippen molar-refractivity contribution in [1.29, 1.82) is 0 Å². The molecule has 1 atom stereocenters. The molecular formula is C16H14O2. The molecule has 1 unspecified atom stereocenters. The van der Waals surface area contributed by atoms with Gasteiger partial charge in [-0.15, -0.1) is 0 Å². The van der Waals surface area contributed by atoms with Crippen LogP contribution in [0.4, 0.5) is 0 Å². The van der Waals surface area contributed by atoms with Gasteiger partial charge in [0.1, 0.15) is 0 Å². The number of aliphatic carboxylic acids is 1. The minimum Gasteiger partial charge on any atom is -0.481 e. The normalized spacial score (nSPS) is 13.8. The van der Waals surface area contributed by atoms with Gasteiger partial charge >= 0.3 is 5.97 Å². The largest absolute Gasteiger partial charge is 0.481 e. The molecule has 2 aromatic rings. The van der Waals surface area contributed by atoms with Crippen LogP contribution in [0.2, 0.25) is 0 Å². The van der Waals surface area contributed by atoms with Crippen LogP contribution in [0.1, 0.15) is 29.5 Å². The average Bonchev–Trinajstić information content (AvgIpc) is 2.75. The Balaban J connectivity index is 2.06. The fraction of sp³-hybridized carbons (Fsp3) is 0.188. The van der Waals surface area contributed by atoms with E-state index < -0.39 is 11.9 Å². The van der Waals surface area contributed by atoms with Gasteiger partial charge in [0, 0.05) is 0 Å². The van der Waals surface area contributed by atoms with E-state index in [0.717, 1.165) is 12.0 Å². The first-order valence-electron chi connectivity index (χ1n) is 6.10. The Hall–Kier alpha value is -2.09. The first kappa shape index (κ1) is 11.0. The summed E-state index contributed by atoms with van der Waals surface area (Å²) in [5, 5.41) is 9.06. The van der Waals surface area contributed by atoms with Crippen LogP contribution in [-0.2, 0) is 11.2 Å². The van der Waals surface area contributed by atoms with Crippen LogP contribution in [0, 0.1) is 0 Å². The molecule has 1 aliphatic rings. The van der Waals surface area contributed by atoms with E-state index in [1.807, 2.05) is 24.3 Å². The molecule has 2 heteroatoms. The van der Waals surface area contributed by atoms with E-state index in [0.29, 0.717) is 0 Å². The van der Waals surface area contributed by atoms with Crippen molar-refractivity contribution < 1.29 is 9.90 Å². The van der Waals surface area contributed by atoms with Crippen LogP contribution in [0.15, 0.2) is 42.5 Å². The molecule has 1 N–H and O–H groups in total. The molecule has 0 radical (unpaired) electrons. The highest BCUT2D eigenvalue weighted by Gasteiger charge is 2.20. The van der Waals surface area contributed by atoms with Crippen molar-refractivity contribution in [3.05, 3.63) is 59.2 Å². The lowest BCUT2D eigenvalue weighted by Crippen LogP contribution is -2.07. The van der Waals surface area contributed by atoms with Gasteiger partial charge in [0.2, 0.25) is 0 Å². The molecule has 0 amide bonds. The highest BCUT2D eigenvalue weighted by Crippen LogP contribution is 2.37. The maximum Gasteiger partial charge on any atom is 0.310 e. The quantitative estimate of drug-likeness (QED) is 0.742. The third-order valence-electron chi connectivity index (χ3n) is 3.69. The third-order valence-corrected chi connectivity index (χ3v) is 3.69. The van der Waals surface area contributed by atoms with E-state index in [1.165, 1.54) is 22.3 Å². The third kappa shape index (κ3) is 1.61. The summed E-state index contributed by atoms with van der Waals surface area (Å²) in [5.41, 5.74) is 5.97. The molecule has 0 spiro atoms. The maximum atomic E-state index is 11.0. The van der Waals surface area contributed by atoms with Crippen LogP contribution in [0.25, 0.3) is 11.1 Å². The zero-order chi connectivity index (χ0) is 12.7. The van der Waals surface area contributed by atoms with Crippen molar-refractivity contribution in [1.82, 2.24) is 0 Å². The molecular weight excluding hydrogens is 224 g/mol. The van der Waals surface area contributed by atoms with Crippen LogP contribution in [0.3, 0.4) is 0 Å². The van der Waals surface area contributed by atoms with E-state index in [9.17, 15) is 4.79 Å². The highest BCUT2D eigenvalue weighted by molar-refractivity contribution is 5.79. The lowest BCUT2D eigenvalue weighted by atomic mass is 9.96. The molecule has 0 bridgehead atoms. The number of benzene rings is 2. The summed E-state index contributed by atoms with van der Waals surface area (Å²) >= 11 is 0. The minimum atomic E-state index is -0.773. The Morgan fingerprint density at radius 2 is 1.83 bits per heavy atom. The molecule has 1 aliphatic carbocycles. The van der Waals surface area contributed by atoms with Gasteiger partial charge in [-0.2, -0.15) is 0 Å². The predicted octanol–water partition coefficient (Wildman–Crippen LogP) is 3.45. The summed E-state index contributed by atoms with van der Waals surface area (Å²) in [6, 6.07) is 14.4. The Labute approximate surface area is 106 Å². The van der Waals surface area contributed by atoms with Gasteiger partial charge in [-0.25, -0.2) is 0 Å². The van der Waals surface area contributed by atoms with Crippen molar-refractivity contribution in [2.75, 3.05) is 0 Å². The van der Waals surface area contributed by atoms with Crippen molar-refractivity contribution in [3.8, 4) is 11.1 Å². The molecule has 0 aliphatic heterocycles. The van der Waals surface area contributed by atoms with E-state index >= 15 is 0 Å². The second-order valence-corrected chi connectivity index (χ2v) is 4.81. The van der Waals surface area contributed by atoms with Crippen molar-refractivity contribution in [3.63, 3.8) is 0 Å². The van der Waals surface area contributed by atoms with Gasteiger partial charge in [-0.3, -0.25) is 4.79 Å². The molecule has 3 rings (SSSR count). The predicted molar refractivity (Wildman–Crippen MR) is 70.7 cm³/mol. The number of carboxylic acid groups (broad SMARTS) is 1. The van der Waals surface area contributed by atoms with Crippen LogP contribution in [-0.4, -0.2) is 11.1 Å². The summed E-state index contributed by atoms with van der Waals surface area (Å²) in [4.78, 5) is 11.0. The smallest absolute Gasteiger partial charge is 0.310 e. The van der Waals surface area contributed by atoms with Crippen molar-refractivity contribution >= 4 is 5.97 Å². The fourth-order valence-electron chi connectivity index (χ4n) is 2.58. The molecule has 0 aromatic heterocycles. The van der Waals surface area contributed by atoms with Crippen LogP contribution >= 0.6 is 0 Å². The zero-order valence-corrected chi connectivity index (χ0v) is 10.2. The molecule has 18 heavy (non-hydrogen) atoms. The lowest BCUT2D eigenvalue weighted by molar-refractivity contribution is -0.138. The second kappa shape index (κ2) is 3.98. The zero-order valence-electron chi connectivity index (χ0n) is 10.2. The second-order valence-electron chi connectivity index (χ2n) is 4.81. The fourth-order valence-corrected chi connectivity index (χ4v) is 2.58. The first-order valence-corrected chi connectivity index (χ1v) is 6.10. The standard InChI is InChI=1S/C16H14O2/c1-10(16(17)18)11-6-7-15-13(8-11)9-12-4-2-3-5-14(12)15/h2-8,10H,9H2,1H3,(H,17,18). The van der Waals surface area contributed by atoms with E-state index in [1.54, 1.807) is 6.92 Å². The minimum absolute atomic E-state index is 0.445. The first-order chi connectivity index (χ1) is 8.66. The number of carbonyl (C=O) groups is 1. The van der Waals surface area contributed by atoms with Gasteiger partial charge in [0.25, 0.3) is 0 Å². The summed E-state index contributed by atoms with van der Waals surface area (Å²) < 4.78 is 0. The Morgan fingerprint density at radius 3 is 2.61 bits per heavy atom. The molecule has 2 nitrogen and oxygen atoms in total. The molecule has 0 saturated carbocycles. The monoisotopic (exact) mass is 238 g/mol. The highest BCUT2D eigenvalue weighted by atomic mass is 16.4. The number of carboxylic acids is 1. The van der Waals surface area contributed by atoms with E-state index in [2.05, 4.69) is 18.2 Å². The number of hydrogen-bond acceptors (Lipinski definition) is 1. The molecule has 90 valence electrons. The Kier molecular flexibility index (Phi) is 2.44. The van der Waals surface area contributed by atoms with E-state index in [4.69, 9.17) is 5.11 Å². The lowest BCUT2D eigenvalue weighted by Gasteiger charge is -2.09. The van der Waals surface area contributed by atoms with E-state index in [-0.39, 0.29) is 0 Å². The molecule has 2 aromatic carbocycles. The Morgan fingerprint density at radius 1 is 1.11 bits per heavy atom.